The van der Waals surface area contributed by atoms with E-state index < -0.39 is 47.1 Å². The Kier molecular flexibility index (Phi) is 5.90. The molecule has 0 fully saturated rings. The summed E-state index contributed by atoms with van der Waals surface area (Å²) in [6, 6.07) is 5.37. The minimum absolute atomic E-state index is 0.0773. The van der Waals surface area contributed by atoms with Crippen LogP contribution in [-0.4, -0.2) is 48.3 Å². The lowest BCUT2D eigenvalue weighted by Gasteiger charge is -2.22. The number of hydrogen-bond donors (Lipinski definition) is 3. The number of halogens is 3. The summed E-state index contributed by atoms with van der Waals surface area (Å²) in [6.45, 7) is 0.646. The minimum atomic E-state index is -4.73. The van der Waals surface area contributed by atoms with Crippen molar-refractivity contribution in [3.63, 3.8) is 0 Å². The van der Waals surface area contributed by atoms with E-state index in [0.717, 1.165) is 24.3 Å². The van der Waals surface area contributed by atoms with E-state index in [4.69, 9.17) is 0 Å². The van der Waals surface area contributed by atoms with Gasteiger partial charge in [0.25, 0.3) is 11.6 Å². The molecule has 0 saturated heterocycles. The second-order valence-electron chi connectivity index (χ2n) is 6.64. The standard InChI is InChI=1S/C18H16F3N5O5/c1-9-6-14(18(19,20)21)25-15(22-9)7-12(24-25)17(29)23-13(8-27)16(28)10-2-4-11(5-3-10)26(30)31/h2-7,13,16,27-28H,8H2,1H3,(H,23,29). The van der Waals surface area contributed by atoms with Crippen LogP contribution in [0.4, 0.5) is 18.9 Å². The van der Waals surface area contributed by atoms with Crippen molar-refractivity contribution < 1.29 is 33.1 Å². The molecule has 1 aromatic carbocycles. The predicted molar refractivity (Wildman–Crippen MR) is 99.1 cm³/mol. The molecule has 164 valence electrons. The zero-order valence-electron chi connectivity index (χ0n) is 15.9. The van der Waals surface area contributed by atoms with Crippen molar-refractivity contribution in [1.82, 2.24) is 19.9 Å². The van der Waals surface area contributed by atoms with Crippen LogP contribution in [0.3, 0.4) is 0 Å². The molecule has 2 atom stereocenters. The number of aliphatic hydroxyl groups is 2. The van der Waals surface area contributed by atoms with Crippen LogP contribution < -0.4 is 5.32 Å². The van der Waals surface area contributed by atoms with E-state index in [1.54, 1.807) is 0 Å². The average molecular weight is 439 g/mol. The maximum Gasteiger partial charge on any atom is 0.433 e. The van der Waals surface area contributed by atoms with E-state index in [2.05, 4.69) is 15.4 Å². The van der Waals surface area contributed by atoms with Crippen LogP contribution in [-0.2, 0) is 6.18 Å². The number of nitro benzene ring substituents is 1. The van der Waals surface area contributed by atoms with Gasteiger partial charge in [-0.1, -0.05) is 0 Å². The maximum absolute atomic E-state index is 13.2. The van der Waals surface area contributed by atoms with Gasteiger partial charge in [0, 0.05) is 23.9 Å². The summed E-state index contributed by atoms with van der Waals surface area (Å²) in [5.41, 5.74) is -1.68. The first-order chi connectivity index (χ1) is 14.5. The molecule has 2 heterocycles. The SMILES string of the molecule is Cc1cc(C(F)(F)F)n2nc(C(=O)NC(CO)C(O)c3ccc([N+](=O)[O-])cc3)cc2n1. The highest BCUT2D eigenvalue weighted by Gasteiger charge is 2.35. The number of aromatic nitrogens is 3. The summed E-state index contributed by atoms with van der Waals surface area (Å²) in [6.07, 6.45) is -6.18. The Hall–Kier alpha value is -3.58. The summed E-state index contributed by atoms with van der Waals surface area (Å²) in [7, 11) is 0. The largest absolute Gasteiger partial charge is 0.433 e. The molecule has 3 N–H and O–H groups in total. The molecular weight excluding hydrogens is 423 g/mol. The number of nitrogens with one attached hydrogen (secondary N) is 1. The van der Waals surface area contributed by atoms with Gasteiger partial charge >= 0.3 is 6.18 Å². The lowest BCUT2D eigenvalue weighted by atomic mass is 10.0. The number of aliphatic hydroxyl groups excluding tert-OH is 2. The number of fused-ring (bicyclic) bond motifs is 1. The first-order valence-electron chi connectivity index (χ1n) is 8.80. The molecule has 0 bridgehead atoms. The molecular formula is C18H16F3N5O5. The summed E-state index contributed by atoms with van der Waals surface area (Å²) < 4.78 is 40.2. The van der Waals surface area contributed by atoms with Crippen molar-refractivity contribution in [3.05, 3.63) is 69.2 Å². The highest BCUT2D eigenvalue weighted by Crippen LogP contribution is 2.30. The lowest BCUT2D eigenvalue weighted by molar-refractivity contribution is -0.384. The Bertz CT molecular complexity index is 1130. The first-order valence-corrected chi connectivity index (χ1v) is 8.80. The van der Waals surface area contributed by atoms with Crippen LogP contribution in [0.15, 0.2) is 36.4 Å². The molecule has 0 radical (unpaired) electrons. The van der Waals surface area contributed by atoms with E-state index in [1.807, 2.05) is 0 Å². The van der Waals surface area contributed by atoms with Crippen LogP contribution in [0.5, 0.6) is 0 Å². The Morgan fingerprint density at radius 2 is 1.94 bits per heavy atom. The highest BCUT2D eigenvalue weighted by molar-refractivity contribution is 5.93. The van der Waals surface area contributed by atoms with Crippen molar-refractivity contribution in [3.8, 4) is 0 Å². The molecule has 0 aliphatic rings. The van der Waals surface area contributed by atoms with Crippen LogP contribution >= 0.6 is 0 Å². The second kappa shape index (κ2) is 8.28. The molecule has 2 aromatic heterocycles. The molecule has 0 aliphatic carbocycles. The van der Waals surface area contributed by atoms with Crippen molar-refractivity contribution in [1.29, 1.82) is 0 Å². The maximum atomic E-state index is 13.2. The fraction of sp³-hybridized carbons (Fsp3) is 0.278. The molecule has 10 nitrogen and oxygen atoms in total. The van der Waals surface area contributed by atoms with Gasteiger partial charge in [0.05, 0.1) is 17.6 Å². The monoisotopic (exact) mass is 439 g/mol. The molecule has 2 unspecified atom stereocenters. The molecule has 3 rings (SSSR count). The van der Waals surface area contributed by atoms with Gasteiger partial charge in [0.2, 0.25) is 0 Å². The summed E-state index contributed by atoms with van der Waals surface area (Å²) in [5, 5.41) is 36.6. The van der Waals surface area contributed by atoms with Gasteiger partial charge in [0.1, 0.15) is 11.8 Å². The highest BCUT2D eigenvalue weighted by atomic mass is 19.4. The molecule has 1 amide bonds. The van der Waals surface area contributed by atoms with Gasteiger partial charge in [-0.2, -0.15) is 18.3 Å². The summed E-state index contributed by atoms with van der Waals surface area (Å²) in [5.74, 6) is -0.948. The Morgan fingerprint density at radius 3 is 2.48 bits per heavy atom. The van der Waals surface area contributed by atoms with E-state index in [1.165, 1.54) is 19.1 Å². The molecule has 3 aromatic rings. The number of benzene rings is 1. The number of carbonyl (C=O) groups is 1. The van der Waals surface area contributed by atoms with Crippen LogP contribution in [0.2, 0.25) is 0 Å². The summed E-state index contributed by atoms with van der Waals surface area (Å²) >= 11 is 0. The smallest absolute Gasteiger partial charge is 0.394 e. The Balaban J connectivity index is 1.85. The quantitative estimate of drug-likeness (QED) is 0.392. The number of nitro groups is 1. The number of non-ortho nitro benzene ring substituents is 1. The molecule has 13 heteroatoms. The van der Waals surface area contributed by atoms with Crippen LogP contribution in [0, 0.1) is 17.0 Å². The third-order valence-electron chi connectivity index (χ3n) is 4.42. The fourth-order valence-electron chi connectivity index (χ4n) is 2.91. The minimum Gasteiger partial charge on any atom is -0.394 e. The number of hydrogen-bond acceptors (Lipinski definition) is 7. The van der Waals surface area contributed by atoms with Gasteiger partial charge in [-0.05, 0) is 30.7 Å². The van der Waals surface area contributed by atoms with Crippen molar-refractivity contribution >= 4 is 17.2 Å². The predicted octanol–water partition coefficient (Wildman–Crippen LogP) is 1.79. The lowest BCUT2D eigenvalue weighted by Crippen LogP contribution is -2.42. The van der Waals surface area contributed by atoms with Gasteiger partial charge in [-0.25, -0.2) is 9.50 Å². The zero-order valence-corrected chi connectivity index (χ0v) is 15.9. The number of alkyl halides is 3. The average Bonchev–Trinajstić information content (AvgIpc) is 3.14. The number of rotatable bonds is 6. The van der Waals surface area contributed by atoms with Crippen molar-refractivity contribution in [2.75, 3.05) is 6.61 Å². The molecule has 0 aliphatic heterocycles. The van der Waals surface area contributed by atoms with Crippen LogP contribution in [0.25, 0.3) is 5.65 Å². The molecule has 0 saturated carbocycles. The third kappa shape index (κ3) is 4.62. The normalized spacial score (nSPS) is 13.7. The van der Waals surface area contributed by atoms with E-state index in [-0.39, 0.29) is 22.6 Å². The van der Waals surface area contributed by atoms with Gasteiger partial charge in [-0.15, -0.1) is 0 Å². The van der Waals surface area contributed by atoms with Crippen molar-refractivity contribution in [2.24, 2.45) is 0 Å². The molecule has 31 heavy (non-hydrogen) atoms. The van der Waals surface area contributed by atoms with Crippen LogP contribution in [0.1, 0.15) is 33.5 Å². The zero-order chi connectivity index (χ0) is 22.9. The topological polar surface area (TPSA) is 143 Å². The van der Waals surface area contributed by atoms with Gasteiger partial charge < -0.3 is 15.5 Å². The fourth-order valence-corrected chi connectivity index (χ4v) is 2.91. The number of nitrogens with zero attached hydrogens (tertiary/aromatic N) is 4. The van der Waals surface area contributed by atoms with E-state index >= 15 is 0 Å². The van der Waals surface area contributed by atoms with E-state index in [0.29, 0.717) is 4.52 Å². The van der Waals surface area contributed by atoms with Gasteiger partial charge in [-0.3, -0.25) is 14.9 Å². The molecule has 0 spiro atoms. The number of aryl methyl sites for hydroxylation is 1. The Morgan fingerprint density at radius 1 is 1.29 bits per heavy atom. The Labute approximate surface area is 172 Å². The van der Waals surface area contributed by atoms with Crippen molar-refractivity contribution in [2.45, 2.75) is 25.2 Å². The van der Waals surface area contributed by atoms with E-state index in [9.17, 15) is 38.3 Å². The second-order valence-corrected chi connectivity index (χ2v) is 6.64. The first kappa shape index (κ1) is 22.1. The number of amides is 1. The number of carbonyl (C=O) groups excluding carboxylic acids is 1. The summed E-state index contributed by atoms with van der Waals surface area (Å²) in [4.78, 5) is 26.5. The van der Waals surface area contributed by atoms with Gasteiger partial charge in [0.15, 0.2) is 11.3 Å². The third-order valence-corrected chi connectivity index (χ3v) is 4.42.